The molecule has 0 radical (unpaired) electrons. The maximum Gasteiger partial charge on any atom is 0.416 e. The molecule has 0 aromatic heterocycles. The molecular formula is C30H34F5NO4. The van der Waals surface area contributed by atoms with Crippen LogP contribution in [0, 0.1) is 18.6 Å². The Balaban J connectivity index is 2.78. The first-order chi connectivity index (χ1) is 18.8. The minimum Gasteiger partial charge on any atom is -0.466 e. The van der Waals surface area contributed by atoms with E-state index in [4.69, 9.17) is 4.74 Å². The molecule has 0 aliphatic heterocycles. The molecule has 218 valence electrons. The molecule has 2 aromatic rings. The minimum absolute atomic E-state index is 0.0566. The number of hydrogen-bond acceptors (Lipinski definition) is 4. The van der Waals surface area contributed by atoms with E-state index in [-0.39, 0.29) is 30.6 Å². The molecule has 0 spiro atoms. The number of unbranched alkanes of at least 4 members (excludes halogenated alkanes) is 2. The predicted octanol–water partition coefficient (Wildman–Crippen LogP) is 6.91. The molecule has 10 heteroatoms. The van der Waals surface area contributed by atoms with Crippen LogP contribution in [0.25, 0.3) is 11.1 Å². The lowest BCUT2D eigenvalue weighted by Gasteiger charge is -2.24. The Labute approximate surface area is 230 Å². The number of halogens is 5. The van der Waals surface area contributed by atoms with Gasteiger partial charge in [0.2, 0.25) is 5.91 Å². The van der Waals surface area contributed by atoms with E-state index in [0.717, 1.165) is 6.07 Å². The maximum absolute atomic E-state index is 16.3. The smallest absolute Gasteiger partial charge is 0.416 e. The second kappa shape index (κ2) is 14.7. The first kappa shape index (κ1) is 32.7. The number of rotatable bonds is 14. The SMILES string of the molecule is C=CCCCCc1cc(F)cc(C)c1-c1cc(C(F)(F)F)cc([C@H](CC(=O)OCC)NC(=O)[C@H](O)CC=C)c1F. The second-order valence-corrected chi connectivity index (χ2v) is 9.33. The zero-order valence-corrected chi connectivity index (χ0v) is 22.5. The van der Waals surface area contributed by atoms with Gasteiger partial charge in [-0.2, -0.15) is 13.2 Å². The van der Waals surface area contributed by atoms with Crippen LogP contribution in [-0.4, -0.2) is 29.7 Å². The molecule has 2 aromatic carbocycles. The van der Waals surface area contributed by atoms with Gasteiger partial charge in [-0.15, -0.1) is 13.2 Å². The van der Waals surface area contributed by atoms with Crippen molar-refractivity contribution < 1.29 is 41.4 Å². The van der Waals surface area contributed by atoms with Crippen LogP contribution in [0.2, 0.25) is 0 Å². The van der Waals surface area contributed by atoms with Gasteiger partial charge >= 0.3 is 12.1 Å². The molecule has 0 saturated heterocycles. The Kier molecular flexibility index (Phi) is 12.0. The van der Waals surface area contributed by atoms with E-state index < -0.39 is 64.9 Å². The summed E-state index contributed by atoms with van der Waals surface area (Å²) in [5, 5.41) is 12.3. The van der Waals surface area contributed by atoms with Crippen LogP contribution in [0.1, 0.15) is 67.3 Å². The lowest BCUT2D eigenvalue weighted by Crippen LogP contribution is -2.38. The monoisotopic (exact) mass is 567 g/mol. The van der Waals surface area contributed by atoms with E-state index in [1.54, 1.807) is 6.08 Å². The van der Waals surface area contributed by atoms with Gasteiger partial charge in [-0.05, 0) is 80.5 Å². The summed E-state index contributed by atoms with van der Waals surface area (Å²) >= 11 is 0. The molecule has 5 nitrogen and oxygen atoms in total. The van der Waals surface area contributed by atoms with Gasteiger partial charge in [0.05, 0.1) is 24.6 Å². The van der Waals surface area contributed by atoms with E-state index in [9.17, 15) is 32.3 Å². The van der Waals surface area contributed by atoms with E-state index in [2.05, 4.69) is 18.5 Å². The molecule has 0 aliphatic rings. The van der Waals surface area contributed by atoms with Gasteiger partial charge in [0, 0.05) is 17.5 Å². The van der Waals surface area contributed by atoms with Crippen LogP contribution in [0.4, 0.5) is 22.0 Å². The molecule has 0 fully saturated rings. The summed E-state index contributed by atoms with van der Waals surface area (Å²) in [6, 6.07) is 1.82. The van der Waals surface area contributed by atoms with E-state index in [1.165, 1.54) is 26.0 Å². The summed E-state index contributed by atoms with van der Waals surface area (Å²) in [5.41, 5.74) is -1.67. The zero-order valence-electron chi connectivity index (χ0n) is 22.5. The van der Waals surface area contributed by atoms with Crippen molar-refractivity contribution in [3.8, 4) is 11.1 Å². The Hall–Kier alpha value is -3.53. The predicted molar refractivity (Wildman–Crippen MR) is 142 cm³/mol. The third-order valence-corrected chi connectivity index (χ3v) is 6.24. The van der Waals surface area contributed by atoms with Crippen molar-refractivity contribution >= 4 is 11.9 Å². The number of allylic oxidation sites excluding steroid dienone is 1. The summed E-state index contributed by atoms with van der Waals surface area (Å²) in [5.74, 6) is -3.67. The molecule has 0 aliphatic carbocycles. The number of carbonyl (C=O) groups is 2. The Bertz CT molecular complexity index is 1230. The van der Waals surface area contributed by atoms with E-state index >= 15 is 4.39 Å². The van der Waals surface area contributed by atoms with Gasteiger partial charge in [-0.1, -0.05) is 12.2 Å². The van der Waals surface area contributed by atoms with Crippen molar-refractivity contribution in [1.29, 1.82) is 0 Å². The first-order valence-corrected chi connectivity index (χ1v) is 12.9. The molecule has 0 saturated carbocycles. The highest BCUT2D eigenvalue weighted by atomic mass is 19.4. The number of aryl methyl sites for hydroxylation is 2. The zero-order chi connectivity index (χ0) is 30.0. The van der Waals surface area contributed by atoms with Gasteiger partial charge in [-0.3, -0.25) is 9.59 Å². The number of aliphatic hydroxyl groups excluding tert-OH is 1. The van der Waals surface area contributed by atoms with Crippen LogP contribution >= 0.6 is 0 Å². The average Bonchev–Trinajstić information content (AvgIpc) is 2.86. The lowest BCUT2D eigenvalue weighted by molar-refractivity contribution is -0.144. The molecule has 0 bridgehead atoms. The van der Waals surface area contributed by atoms with Crippen molar-refractivity contribution in [3.05, 3.63) is 83.5 Å². The van der Waals surface area contributed by atoms with Crippen molar-refractivity contribution in [2.75, 3.05) is 6.61 Å². The first-order valence-electron chi connectivity index (χ1n) is 12.9. The van der Waals surface area contributed by atoms with Crippen LogP contribution in [0.5, 0.6) is 0 Å². The molecule has 1 amide bonds. The number of ether oxygens (including phenoxy) is 1. The highest BCUT2D eigenvalue weighted by Crippen LogP contribution is 2.40. The van der Waals surface area contributed by atoms with Crippen molar-refractivity contribution in [2.24, 2.45) is 0 Å². The quantitative estimate of drug-likeness (QED) is 0.113. The third-order valence-electron chi connectivity index (χ3n) is 6.24. The Morgan fingerprint density at radius 1 is 1.10 bits per heavy atom. The number of aliphatic hydroxyl groups is 1. The van der Waals surface area contributed by atoms with Gasteiger partial charge in [-0.25, -0.2) is 8.78 Å². The van der Waals surface area contributed by atoms with Crippen molar-refractivity contribution in [2.45, 2.75) is 70.7 Å². The molecule has 0 heterocycles. The number of nitrogens with one attached hydrogen (secondary N) is 1. The Morgan fingerprint density at radius 3 is 2.40 bits per heavy atom. The van der Waals surface area contributed by atoms with Crippen LogP contribution in [0.15, 0.2) is 49.6 Å². The molecule has 2 N–H and O–H groups in total. The fraction of sp³-hybridized carbons (Fsp3) is 0.400. The molecule has 2 atom stereocenters. The fourth-order valence-corrected chi connectivity index (χ4v) is 4.40. The normalized spacial score (nSPS) is 12.9. The number of benzene rings is 2. The van der Waals surface area contributed by atoms with E-state index in [0.29, 0.717) is 37.0 Å². The molecule has 0 unspecified atom stereocenters. The standard InChI is InChI=1S/C30H34F5NO4/c1-5-8-9-10-12-19-14-21(31)13-18(4)27(19)23-16-20(30(33,34)35)15-22(28(23)32)24(17-26(38)40-7-3)36-29(39)25(37)11-6-2/h5-6,13-16,24-25,37H,1-2,7-12,17H2,3-4H3,(H,36,39)/t24-,25+/m0/s1. The minimum atomic E-state index is -4.92. The largest absolute Gasteiger partial charge is 0.466 e. The molecular weight excluding hydrogens is 533 g/mol. The summed E-state index contributed by atoms with van der Waals surface area (Å²) < 4.78 is 77.7. The van der Waals surface area contributed by atoms with Gasteiger partial charge in [0.25, 0.3) is 0 Å². The van der Waals surface area contributed by atoms with Crippen molar-refractivity contribution in [1.82, 2.24) is 5.32 Å². The maximum atomic E-state index is 16.3. The van der Waals surface area contributed by atoms with E-state index in [1.807, 2.05) is 0 Å². The number of amides is 1. The highest BCUT2D eigenvalue weighted by molar-refractivity contribution is 5.82. The number of carbonyl (C=O) groups excluding carboxylic acids is 2. The Morgan fingerprint density at radius 2 is 1.80 bits per heavy atom. The van der Waals surface area contributed by atoms with Crippen LogP contribution in [-0.2, 0) is 26.9 Å². The molecule has 40 heavy (non-hydrogen) atoms. The number of alkyl halides is 3. The summed E-state index contributed by atoms with van der Waals surface area (Å²) in [4.78, 5) is 24.9. The molecule has 2 rings (SSSR count). The van der Waals surface area contributed by atoms with Gasteiger partial charge in [0.15, 0.2) is 0 Å². The lowest BCUT2D eigenvalue weighted by atomic mass is 9.87. The highest BCUT2D eigenvalue weighted by Gasteiger charge is 2.35. The summed E-state index contributed by atoms with van der Waals surface area (Å²) in [6.07, 6.45) is -2.28. The van der Waals surface area contributed by atoms with Crippen LogP contribution < -0.4 is 5.32 Å². The third kappa shape index (κ3) is 8.74. The summed E-state index contributed by atoms with van der Waals surface area (Å²) in [6.45, 7) is 9.98. The summed E-state index contributed by atoms with van der Waals surface area (Å²) in [7, 11) is 0. The van der Waals surface area contributed by atoms with Gasteiger partial charge in [0.1, 0.15) is 17.7 Å². The number of esters is 1. The fourth-order valence-electron chi connectivity index (χ4n) is 4.40. The average molecular weight is 568 g/mol. The van der Waals surface area contributed by atoms with Gasteiger partial charge < -0.3 is 15.2 Å². The van der Waals surface area contributed by atoms with Crippen molar-refractivity contribution in [3.63, 3.8) is 0 Å². The topological polar surface area (TPSA) is 75.6 Å². The van der Waals surface area contributed by atoms with Crippen LogP contribution in [0.3, 0.4) is 0 Å². The number of hydrogen-bond donors (Lipinski definition) is 2. The second-order valence-electron chi connectivity index (χ2n) is 9.33.